The summed E-state index contributed by atoms with van der Waals surface area (Å²) in [5.41, 5.74) is 5.22. The number of rotatable bonds is 3. The van der Waals surface area contributed by atoms with E-state index in [1.165, 1.54) is 0 Å². The highest BCUT2D eigenvalue weighted by Crippen LogP contribution is 2.32. The third-order valence-electron chi connectivity index (χ3n) is 4.18. The molecule has 0 saturated carbocycles. The number of carbonyl (C=O) groups excluding carboxylic acids is 1. The lowest BCUT2D eigenvalue weighted by Crippen LogP contribution is -2.13. The minimum atomic E-state index is -0.00969. The lowest BCUT2D eigenvalue weighted by atomic mass is 9.94. The van der Waals surface area contributed by atoms with Crippen molar-refractivity contribution in [1.29, 1.82) is 0 Å². The van der Waals surface area contributed by atoms with Gasteiger partial charge in [-0.05, 0) is 34.9 Å². The molecular weight excluding hydrogens is 318 g/mol. The van der Waals surface area contributed by atoms with Gasteiger partial charge in [0.05, 0.1) is 11.4 Å². The number of carbonyl (C=O) groups is 1. The topological polar surface area (TPSA) is 29.4 Å². The van der Waals surface area contributed by atoms with E-state index in [9.17, 15) is 4.79 Å². The summed E-state index contributed by atoms with van der Waals surface area (Å²) < 4.78 is 0. The van der Waals surface area contributed by atoms with Crippen LogP contribution in [0.5, 0.6) is 0 Å². The Morgan fingerprint density at radius 3 is 2.42 bits per heavy atom. The van der Waals surface area contributed by atoms with E-state index < -0.39 is 0 Å². The summed E-state index contributed by atoms with van der Waals surface area (Å²) in [4.78, 5) is 17.1. The van der Waals surface area contributed by atoms with E-state index in [1.54, 1.807) is 18.2 Å². The highest BCUT2D eigenvalue weighted by Gasteiger charge is 2.25. The summed E-state index contributed by atoms with van der Waals surface area (Å²) in [5.74, 6) is -0.00969. The first-order chi connectivity index (χ1) is 11.7. The molecule has 3 aromatic carbocycles. The predicted octanol–water partition coefficient (Wildman–Crippen LogP) is 5.52. The Bertz CT molecular complexity index is 961. The van der Waals surface area contributed by atoms with Crippen LogP contribution in [0, 0.1) is 0 Å². The van der Waals surface area contributed by atoms with Gasteiger partial charge in [-0.15, -0.1) is 0 Å². The summed E-state index contributed by atoms with van der Waals surface area (Å²) in [6.45, 7) is 0. The van der Waals surface area contributed by atoms with Crippen LogP contribution in [0.4, 0.5) is 5.69 Å². The second-order valence-corrected chi connectivity index (χ2v) is 6.19. The summed E-state index contributed by atoms with van der Waals surface area (Å²) >= 11 is 6.00. The van der Waals surface area contributed by atoms with Crippen molar-refractivity contribution in [3.8, 4) is 11.1 Å². The van der Waals surface area contributed by atoms with E-state index in [2.05, 4.69) is 23.2 Å². The first-order valence-corrected chi connectivity index (χ1v) is 8.15. The van der Waals surface area contributed by atoms with Gasteiger partial charge in [0.2, 0.25) is 5.78 Å². The normalized spacial score (nSPS) is 12.9. The van der Waals surface area contributed by atoms with Crippen molar-refractivity contribution in [2.75, 3.05) is 0 Å². The Morgan fingerprint density at radius 2 is 1.58 bits per heavy atom. The fourth-order valence-electron chi connectivity index (χ4n) is 3.01. The van der Waals surface area contributed by atoms with Gasteiger partial charge in [-0.2, -0.15) is 0 Å². The maximum atomic E-state index is 12.6. The van der Waals surface area contributed by atoms with Crippen molar-refractivity contribution < 1.29 is 4.79 Å². The standard InChI is InChI=1S/C21H14ClNO/c22-16-10-11-18-19(13-16)23-20(21(18)24)12-15-8-4-5-9-17(15)14-6-2-1-3-7-14/h1-11,13H,12H2. The van der Waals surface area contributed by atoms with Crippen molar-refractivity contribution in [3.05, 3.63) is 88.9 Å². The zero-order valence-corrected chi connectivity index (χ0v) is 13.6. The summed E-state index contributed by atoms with van der Waals surface area (Å²) in [6.07, 6.45) is 0.510. The Hall–Kier alpha value is -2.71. The van der Waals surface area contributed by atoms with Crippen LogP contribution in [-0.2, 0) is 6.42 Å². The van der Waals surface area contributed by atoms with Gasteiger partial charge in [0.15, 0.2) is 0 Å². The number of halogens is 1. The Morgan fingerprint density at radius 1 is 0.833 bits per heavy atom. The van der Waals surface area contributed by atoms with Gasteiger partial charge in [-0.1, -0.05) is 66.2 Å². The molecule has 24 heavy (non-hydrogen) atoms. The van der Waals surface area contributed by atoms with Crippen molar-refractivity contribution in [2.24, 2.45) is 4.99 Å². The monoisotopic (exact) mass is 331 g/mol. The molecule has 0 aliphatic carbocycles. The molecule has 0 bridgehead atoms. The lowest BCUT2D eigenvalue weighted by molar-refractivity contribution is 0.106. The molecule has 1 heterocycles. The maximum absolute atomic E-state index is 12.6. The molecule has 3 aromatic rings. The quantitative estimate of drug-likeness (QED) is 0.621. The smallest absolute Gasteiger partial charge is 0.209 e. The average Bonchev–Trinajstić information content (AvgIpc) is 2.91. The number of Topliss-reactive ketones (excluding diaryl/α,β-unsaturated/α-hetero) is 1. The second kappa shape index (κ2) is 6.06. The predicted molar refractivity (Wildman–Crippen MR) is 98.5 cm³/mol. The zero-order valence-electron chi connectivity index (χ0n) is 12.9. The van der Waals surface area contributed by atoms with Gasteiger partial charge in [0.25, 0.3) is 0 Å². The molecule has 0 unspecified atom stereocenters. The fourth-order valence-corrected chi connectivity index (χ4v) is 3.18. The van der Waals surface area contributed by atoms with Crippen LogP contribution in [-0.4, -0.2) is 11.5 Å². The van der Waals surface area contributed by atoms with Gasteiger partial charge in [0, 0.05) is 17.0 Å². The van der Waals surface area contributed by atoms with E-state index >= 15 is 0 Å². The van der Waals surface area contributed by atoms with E-state index in [0.717, 1.165) is 16.7 Å². The minimum Gasteiger partial charge on any atom is -0.287 e. The SMILES string of the molecule is O=C1C(Cc2ccccc2-c2ccccc2)=Nc2cc(Cl)ccc21. The minimum absolute atomic E-state index is 0.00969. The summed E-state index contributed by atoms with van der Waals surface area (Å²) in [5, 5.41) is 0.594. The van der Waals surface area contributed by atoms with E-state index in [0.29, 0.717) is 28.4 Å². The maximum Gasteiger partial charge on any atom is 0.209 e. The first-order valence-electron chi connectivity index (χ1n) is 7.77. The fraction of sp³-hybridized carbons (Fsp3) is 0.0476. The number of hydrogen-bond donors (Lipinski definition) is 0. The van der Waals surface area contributed by atoms with Crippen molar-refractivity contribution in [2.45, 2.75) is 6.42 Å². The number of hydrogen-bond acceptors (Lipinski definition) is 2. The molecule has 0 amide bonds. The number of fused-ring (bicyclic) bond motifs is 1. The van der Waals surface area contributed by atoms with Crippen LogP contribution in [0.1, 0.15) is 15.9 Å². The van der Waals surface area contributed by atoms with Crippen LogP contribution in [0.15, 0.2) is 77.8 Å². The highest BCUT2D eigenvalue weighted by molar-refractivity contribution is 6.50. The molecule has 0 saturated heterocycles. The van der Waals surface area contributed by atoms with Crippen LogP contribution in [0.2, 0.25) is 5.02 Å². The Balaban J connectivity index is 1.71. The molecule has 116 valence electrons. The van der Waals surface area contributed by atoms with Gasteiger partial charge in [-0.25, -0.2) is 4.99 Å². The summed E-state index contributed by atoms with van der Waals surface area (Å²) in [6, 6.07) is 23.5. The van der Waals surface area contributed by atoms with Crippen molar-refractivity contribution in [1.82, 2.24) is 0 Å². The molecule has 1 aliphatic rings. The molecular formula is C21H14ClNO. The molecule has 0 atom stereocenters. The summed E-state index contributed by atoms with van der Waals surface area (Å²) in [7, 11) is 0. The van der Waals surface area contributed by atoms with Gasteiger partial charge < -0.3 is 0 Å². The Labute approximate surface area is 145 Å². The highest BCUT2D eigenvalue weighted by atomic mass is 35.5. The molecule has 2 nitrogen and oxygen atoms in total. The third kappa shape index (κ3) is 2.66. The molecule has 3 heteroatoms. The number of benzene rings is 3. The first kappa shape index (κ1) is 14.9. The molecule has 4 rings (SSSR count). The van der Waals surface area contributed by atoms with Crippen molar-refractivity contribution in [3.63, 3.8) is 0 Å². The van der Waals surface area contributed by atoms with E-state index in [-0.39, 0.29) is 5.78 Å². The third-order valence-corrected chi connectivity index (χ3v) is 4.42. The van der Waals surface area contributed by atoms with Gasteiger partial charge in [0.1, 0.15) is 0 Å². The zero-order chi connectivity index (χ0) is 16.5. The van der Waals surface area contributed by atoms with E-state index in [4.69, 9.17) is 11.6 Å². The lowest BCUT2D eigenvalue weighted by Gasteiger charge is -2.09. The number of nitrogens with zero attached hydrogens (tertiary/aromatic N) is 1. The van der Waals surface area contributed by atoms with Crippen LogP contribution >= 0.6 is 11.6 Å². The molecule has 1 aliphatic heterocycles. The largest absolute Gasteiger partial charge is 0.287 e. The van der Waals surface area contributed by atoms with E-state index in [1.807, 2.05) is 36.4 Å². The second-order valence-electron chi connectivity index (χ2n) is 5.75. The molecule has 0 N–H and O–H groups in total. The van der Waals surface area contributed by atoms with Gasteiger partial charge in [-0.3, -0.25) is 4.79 Å². The van der Waals surface area contributed by atoms with Crippen LogP contribution in [0.3, 0.4) is 0 Å². The van der Waals surface area contributed by atoms with Crippen LogP contribution in [0.25, 0.3) is 11.1 Å². The molecule has 0 aromatic heterocycles. The number of aliphatic imine (C=N–C) groups is 1. The average molecular weight is 332 g/mol. The van der Waals surface area contributed by atoms with Crippen molar-refractivity contribution >= 4 is 28.8 Å². The Kier molecular flexibility index (Phi) is 3.75. The molecule has 0 spiro atoms. The van der Waals surface area contributed by atoms with Gasteiger partial charge >= 0.3 is 0 Å². The van der Waals surface area contributed by atoms with Crippen LogP contribution < -0.4 is 0 Å². The number of ketones is 1. The molecule has 0 fully saturated rings. The molecule has 0 radical (unpaired) electrons.